The number of aromatic nitrogens is 2. The van der Waals surface area contributed by atoms with Gasteiger partial charge in [0.25, 0.3) is 5.89 Å². The van der Waals surface area contributed by atoms with Crippen molar-refractivity contribution in [1.29, 1.82) is 0 Å². The van der Waals surface area contributed by atoms with E-state index in [1.807, 2.05) is 12.1 Å². The third-order valence-corrected chi connectivity index (χ3v) is 6.60. The van der Waals surface area contributed by atoms with Gasteiger partial charge < -0.3 is 4.42 Å². The highest BCUT2D eigenvalue weighted by molar-refractivity contribution is 7.15. The van der Waals surface area contributed by atoms with Crippen LogP contribution in [0, 0.1) is 5.82 Å². The summed E-state index contributed by atoms with van der Waals surface area (Å²) in [4.78, 5) is 4.92. The van der Waals surface area contributed by atoms with E-state index < -0.39 is 0 Å². The maximum absolute atomic E-state index is 13.1. The average molecular weight is 383 g/mol. The number of halogens is 1. The summed E-state index contributed by atoms with van der Waals surface area (Å²) >= 11 is 1.80. The van der Waals surface area contributed by atoms with Crippen LogP contribution in [-0.4, -0.2) is 21.1 Å². The Balaban J connectivity index is 1.31. The van der Waals surface area contributed by atoms with Gasteiger partial charge in [0.15, 0.2) is 0 Å². The Hall–Kier alpha value is -2.05. The van der Waals surface area contributed by atoms with Gasteiger partial charge in [0.05, 0.1) is 11.4 Å². The van der Waals surface area contributed by atoms with Crippen molar-refractivity contribution in [2.75, 3.05) is 0 Å². The Morgan fingerprint density at radius 3 is 2.67 bits per heavy atom. The van der Waals surface area contributed by atoms with Crippen LogP contribution in [0.25, 0.3) is 10.8 Å². The molecular weight excluding hydrogens is 361 g/mol. The lowest BCUT2D eigenvalue weighted by molar-refractivity contribution is 0.221. The zero-order chi connectivity index (χ0) is 18.2. The fourth-order valence-corrected chi connectivity index (χ4v) is 4.94. The molecule has 0 unspecified atom stereocenters. The molecule has 5 rings (SSSR count). The Morgan fingerprint density at radius 1 is 1.07 bits per heavy atom. The van der Waals surface area contributed by atoms with Crippen molar-refractivity contribution < 1.29 is 8.81 Å². The Kier molecular flexibility index (Phi) is 4.53. The van der Waals surface area contributed by atoms with E-state index >= 15 is 0 Å². The van der Waals surface area contributed by atoms with Gasteiger partial charge in [0, 0.05) is 17.5 Å². The second kappa shape index (κ2) is 7.17. The fraction of sp³-hybridized carbons (Fsp3) is 0.429. The van der Waals surface area contributed by atoms with Crippen molar-refractivity contribution >= 4 is 11.3 Å². The van der Waals surface area contributed by atoms with Crippen molar-refractivity contribution in [3.05, 3.63) is 58.0 Å². The highest BCUT2D eigenvalue weighted by atomic mass is 32.1. The molecule has 0 aliphatic heterocycles. The molecule has 0 spiro atoms. The van der Waals surface area contributed by atoms with Crippen LogP contribution in [0.1, 0.15) is 47.6 Å². The summed E-state index contributed by atoms with van der Waals surface area (Å²) in [6.07, 6.45) is 7.29. The van der Waals surface area contributed by atoms with E-state index in [2.05, 4.69) is 21.2 Å². The Morgan fingerprint density at radius 2 is 1.89 bits per heavy atom. The molecule has 2 aliphatic rings. The Labute approximate surface area is 162 Å². The Bertz CT molecular complexity index is 906. The number of aryl methyl sites for hydroxylation is 2. The summed E-state index contributed by atoms with van der Waals surface area (Å²) in [5.74, 6) is 1.10. The first-order chi connectivity index (χ1) is 13.2. The molecule has 3 aromatic rings. The van der Waals surface area contributed by atoms with Gasteiger partial charge in [-0.1, -0.05) is 12.1 Å². The first kappa shape index (κ1) is 17.1. The first-order valence-corrected chi connectivity index (χ1v) is 10.5. The molecule has 2 heterocycles. The van der Waals surface area contributed by atoms with Gasteiger partial charge in [-0.3, -0.25) is 4.90 Å². The van der Waals surface area contributed by atoms with Crippen LogP contribution in [0.15, 0.2) is 34.7 Å². The maximum Gasteiger partial charge on any atom is 0.257 e. The van der Waals surface area contributed by atoms with Crippen molar-refractivity contribution in [1.82, 2.24) is 15.1 Å². The number of rotatable bonds is 6. The van der Waals surface area contributed by atoms with Crippen LogP contribution in [0.3, 0.4) is 0 Å². The van der Waals surface area contributed by atoms with Crippen LogP contribution < -0.4 is 0 Å². The molecular formula is C21H22FN3OS. The van der Waals surface area contributed by atoms with Gasteiger partial charge in [-0.05, 0) is 67.9 Å². The summed E-state index contributed by atoms with van der Waals surface area (Å²) in [7, 11) is 0. The predicted octanol–water partition coefficient (Wildman–Crippen LogP) is 4.98. The minimum Gasteiger partial charge on any atom is -0.419 e. The van der Waals surface area contributed by atoms with Crippen molar-refractivity contribution in [2.24, 2.45) is 0 Å². The molecule has 0 radical (unpaired) electrons. The smallest absolute Gasteiger partial charge is 0.257 e. The maximum atomic E-state index is 13.1. The molecule has 0 bridgehead atoms. The van der Waals surface area contributed by atoms with Crippen LogP contribution in [-0.2, 0) is 25.9 Å². The van der Waals surface area contributed by atoms with Gasteiger partial charge in [-0.2, -0.15) is 0 Å². The van der Waals surface area contributed by atoms with E-state index in [-0.39, 0.29) is 5.82 Å². The summed E-state index contributed by atoms with van der Waals surface area (Å²) < 4.78 is 19.1. The van der Waals surface area contributed by atoms with Gasteiger partial charge in [0.2, 0.25) is 5.89 Å². The van der Waals surface area contributed by atoms with Crippen LogP contribution in [0.5, 0.6) is 0 Å². The van der Waals surface area contributed by atoms with Crippen LogP contribution in [0.4, 0.5) is 4.39 Å². The molecule has 1 saturated carbocycles. The standard InChI is InChI=1S/C21H22FN3OS/c22-16-7-5-14(6-8-16)12-25(17-9-10-17)13-20-23-24-21(26-20)19-11-15-3-1-2-4-18(15)27-19/h5-8,11,17H,1-4,9-10,12-13H2. The number of thiophene rings is 1. The SMILES string of the molecule is Fc1ccc(CN(Cc2nnc(-c3cc4c(s3)CCCC4)o2)C2CC2)cc1. The topological polar surface area (TPSA) is 42.2 Å². The summed E-state index contributed by atoms with van der Waals surface area (Å²) in [5, 5.41) is 8.59. The lowest BCUT2D eigenvalue weighted by atomic mass is 9.99. The third kappa shape index (κ3) is 3.82. The molecule has 0 atom stereocenters. The van der Waals surface area contributed by atoms with Crippen molar-refractivity contribution in [3.8, 4) is 10.8 Å². The van der Waals surface area contributed by atoms with Crippen LogP contribution >= 0.6 is 11.3 Å². The van der Waals surface area contributed by atoms with Gasteiger partial charge >= 0.3 is 0 Å². The lowest BCUT2D eigenvalue weighted by Crippen LogP contribution is -2.25. The van der Waals surface area contributed by atoms with E-state index in [4.69, 9.17) is 4.42 Å². The first-order valence-electron chi connectivity index (χ1n) is 9.67. The lowest BCUT2D eigenvalue weighted by Gasteiger charge is -2.20. The summed E-state index contributed by atoms with van der Waals surface area (Å²) in [6.45, 7) is 1.41. The highest BCUT2D eigenvalue weighted by Crippen LogP contribution is 2.35. The van der Waals surface area contributed by atoms with E-state index in [0.717, 1.165) is 17.0 Å². The molecule has 2 aromatic heterocycles. The molecule has 4 nitrogen and oxygen atoms in total. The van der Waals surface area contributed by atoms with E-state index in [0.29, 0.717) is 24.4 Å². The van der Waals surface area contributed by atoms with Crippen molar-refractivity contribution in [2.45, 2.75) is 57.7 Å². The second-order valence-electron chi connectivity index (χ2n) is 7.53. The quantitative estimate of drug-likeness (QED) is 0.602. The van der Waals surface area contributed by atoms with Gasteiger partial charge in [-0.15, -0.1) is 21.5 Å². The molecule has 6 heteroatoms. The van der Waals surface area contributed by atoms with Gasteiger partial charge in [0.1, 0.15) is 5.82 Å². The minimum absolute atomic E-state index is 0.197. The predicted molar refractivity (Wildman–Crippen MR) is 103 cm³/mol. The largest absolute Gasteiger partial charge is 0.419 e. The second-order valence-corrected chi connectivity index (χ2v) is 8.67. The third-order valence-electron chi connectivity index (χ3n) is 5.37. The fourth-order valence-electron chi connectivity index (χ4n) is 3.76. The molecule has 1 fully saturated rings. The summed E-state index contributed by atoms with van der Waals surface area (Å²) in [5.41, 5.74) is 2.56. The normalized spacial score (nSPS) is 16.7. The minimum atomic E-state index is -0.197. The number of fused-ring (bicyclic) bond motifs is 1. The van der Waals surface area contributed by atoms with Crippen LogP contribution in [0.2, 0.25) is 0 Å². The molecule has 0 saturated heterocycles. The number of nitrogens with zero attached hydrogens (tertiary/aromatic N) is 3. The zero-order valence-electron chi connectivity index (χ0n) is 15.2. The number of benzene rings is 1. The molecule has 27 heavy (non-hydrogen) atoms. The van der Waals surface area contributed by atoms with E-state index in [1.165, 1.54) is 61.1 Å². The molecule has 2 aliphatic carbocycles. The van der Waals surface area contributed by atoms with Gasteiger partial charge in [-0.25, -0.2) is 4.39 Å². The molecule has 140 valence electrons. The van der Waals surface area contributed by atoms with E-state index in [1.54, 1.807) is 11.3 Å². The number of hydrogen-bond donors (Lipinski definition) is 0. The van der Waals surface area contributed by atoms with E-state index in [9.17, 15) is 4.39 Å². The number of hydrogen-bond acceptors (Lipinski definition) is 5. The highest BCUT2D eigenvalue weighted by Gasteiger charge is 2.30. The molecule has 0 N–H and O–H groups in total. The van der Waals surface area contributed by atoms with Crippen molar-refractivity contribution in [3.63, 3.8) is 0 Å². The monoisotopic (exact) mass is 383 g/mol. The summed E-state index contributed by atoms with van der Waals surface area (Å²) in [6, 6.07) is 9.51. The zero-order valence-corrected chi connectivity index (χ0v) is 16.0. The molecule has 1 aromatic carbocycles. The molecule has 0 amide bonds. The average Bonchev–Trinajstić information content (AvgIpc) is 3.27.